The minimum atomic E-state index is -0.535. The summed E-state index contributed by atoms with van der Waals surface area (Å²) in [6, 6.07) is 16.0. The van der Waals surface area contributed by atoms with Crippen LogP contribution in [0.4, 0.5) is 11.4 Å². The summed E-state index contributed by atoms with van der Waals surface area (Å²) in [5.41, 5.74) is 2.85. The maximum absolute atomic E-state index is 13.7. The highest BCUT2D eigenvalue weighted by Gasteiger charge is 2.21. The first-order valence-electron chi connectivity index (χ1n) is 12.3. The summed E-state index contributed by atoms with van der Waals surface area (Å²) >= 11 is 0. The van der Waals surface area contributed by atoms with Gasteiger partial charge < -0.3 is 20.5 Å². The van der Waals surface area contributed by atoms with Gasteiger partial charge in [-0.15, -0.1) is 0 Å². The van der Waals surface area contributed by atoms with Gasteiger partial charge in [-0.05, 0) is 62.8 Å². The SMILES string of the molecule is CCc1ccc(CNc2ccc(C(=O)NCCCN(C)C)c3[nH]c4c([N+](=O)[O-])cccc4c(=O)c23)cc1. The fourth-order valence-electron chi connectivity index (χ4n) is 4.36. The van der Waals surface area contributed by atoms with Crippen molar-refractivity contribution in [2.75, 3.05) is 32.5 Å². The molecule has 0 aliphatic carbocycles. The number of carbonyl (C=O) groups is 1. The van der Waals surface area contributed by atoms with E-state index in [1.54, 1.807) is 18.2 Å². The molecule has 0 saturated carbocycles. The van der Waals surface area contributed by atoms with Gasteiger partial charge in [0.25, 0.3) is 11.6 Å². The van der Waals surface area contributed by atoms with Crippen LogP contribution >= 0.6 is 0 Å². The van der Waals surface area contributed by atoms with Crippen LogP contribution in [0.2, 0.25) is 0 Å². The van der Waals surface area contributed by atoms with E-state index >= 15 is 0 Å². The number of anilines is 1. The molecule has 0 radical (unpaired) electrons. The Morgan fingerprint density at radius 3 is 2.43 bits per heavy atom. The lowest BCUT2D eigenvalue weighted by molar-refractivity contribution is -0.383. The normalized spacial score (nSPS) is 11.2. The number of nitro benzene ring substituents is 1. The maximum atomic E-state index is 13.7. The number of H-pyrrole nitrogens is 1. The monoisotopic (exact) mass is 501 g/mol. The first kappa shape index (κ1) is 25.8. The van der Waals surface area contributed by atoms with Gasteiger partial charge in [-0.1, -0.05) is 37.3 Å². The fraction of sp³-hybridized carbons (Fsp3) is 0.286. The number of amides is 1. The van der Waals surface area contributed by atoms with Gasteiger partial charge in [-0.3, -0.25) is 19.7 Å². The van der Waals surface area contributed by atoms with Crippen molar-refractivity contribution in [2.24, 2.45) is 0 Å². The third-order valence-corrected chi connectivity index (χ3v) is 6.39. The summed E-state index contributed by atoms with van der Waals surface area (Å²) < 4.78 is 0. The molecule has 0 aliphatic rings. The van der Waals surface area contributed by atoms with E-state index < -0.39 is 4.92 Å². The zero-order chi connectivity index (χ0) is 26.5. The molecule has 4 rings (SSSR count). The molecule has 1 aromatic heterocycles. The smallest absolute Gasteiger partial charge is 0.293 e. The predicted octanol–water partition coefficient (Wildman–Crippen LogP) is 4.45. The Kier molecular flexibility index (Phi) is 7.83. The summed E-state index contributed by atoms with van der Waals surface area (Å²) in [7, 11) is 3.92. The van der Waals surface area contributed by atoms with E-state index in [1.165, 1.54) is 17.7 Å². The van der Waals surface area contributed by atoms with Gasteiger partial charge in [0, 0.05) is 24.8 Å². The number of nitro groups is 1. The van der Waals surface area contributed by atoms with Gasteiger partial charge in [0.2, 0.25) is 0 Å². The standard InChI is InChI=1S/C28H31N5O4/c1-4-18-9-11-19(12-10-18)17-30-22-14-13-21(28(35)29-15-6-16-32(2)3)26-24(22)27(34)20-7-5-8-23(33(36)37)25(20)31-26/h5,7-14,30H,4,6,15-17H2,1-3H3,(H,29,35)(H,31,34). The van der Waals surface area contributed by atoms with Crippen molar-refractivity contribution < 1.29 is 9.72 Å². The molecule has 0 bridgehead atoms. The Hall–Kier alpha value is -4.24. The summed E-state index contributed by atoms with van der Waals surface area (Å²) in [4.78, 5) is 43.0. The topological polar surface area (TPSA) is 120 Å². The Morgan fingerprint density at radius 1 is 1.03 bits per heavy atom. The molecule has 4 aromatic rings. The first-order chi connectivity index (χ1) is 17.8. The average molecular weight is 502 g/mol. The zero-order valence-corrected chi connectivity index (χ0v) is 21.3. The second kappa shape index (κ2) is 11.2. The number of aromatic amines is 1. The molecule has 0 unspecified atom stereocenters. The zero-order valence-electron chi connectivity index (χ0n) is 21.3. The number of rotatable bonds is 10. The van der Waals surface area contributed by atoms with Gasteiger partial charge in [0.05, 0.1) is 26.8 Å². The Morgan fingerprint density at radius 2 is 1.76 bits per heavy atom. The van der Waals surface area contributed by atoms with E-state index in [-0.39, 0.29) is 39.0 Å². The van der Waals surface area contributed by atoms with E-state index in [1.807, 2.05) is 31.1 Å². The maximum Gasteiger partial charge on any atom is 0.293 e. The molecule has 3 N–H and O–H groups in total. The number of aromatic nitrogens is 1. The third-order valence-electron chi connectivity index (χ3n) is 6.39. The molecule has 37 heavy (non-hydrogen) atoms. The molecular weight excluding hydrogens is 470 g/mol. The molecule has 0 aliphatic heterocycles. The average Bonchev–Trinajstić information content (AvgIpc) is 2.89. The van der Waals surface area contributed by atoms with Crippen molar-refractivity contribution >= 4 is 39.1 Å². The Bertz CT molecular complexity index is 1510. The van der Waals surface area contributed by atoms with Gasteiger partial charge in [0.15, 0.2) is 5.43 Å². The summed E-state index contributed by atoms with van der Waals surface area (Å²) in [5, 5.41) is 18.4. The summed E-state index contributed by atoms with van der Waals surface area (Å²) in [6.07, 6.45) is 1.71. The second-order valence-corrected chi connectivity index (χ2v) is 9.26. The molecule has 3 aromatic carbocycles. The van der Waals surface area contributed by atoms with Crippen LogP contribution in [-0.2, 0) is 13.0 Å². The quantitative estimate of drug-likeness (QED) is 0.128. The molecule has 1 amide bonds. The molecule has 9 nitrogen and oxygen atoms in total. The van der Waals surface area contributed by atoms with Crippen LogP contribution < -0.4 is 16.1 Å². The van der Waals surface area contributed by atoms with E-state index in [0.717, 1.165) is 24.9 Å². The highest BCUT2D eigenvalue weighted by molar-refractivity contribution is 6.11. The van der Waals surface area contributed by atoms with Crippen molar-refractivity contribution in [1.82, 2.24) is 15.2 Å². The summed E-state index contributed by atoms with van der Waals surface area (Å²) in [6.45, 7) is 3.85. The largest absolute Gasteiger partial charge is 0.380 e. The number of para-hydroxylation sites is 1. The molecule has 192 valence electrons. The molecular formula is C28H31N5O4. The third kappa shape index (κ3) is 5.62. The van der Waals surface area contributed by atoms with Gasteiger partial charge in [-0.2, -0.15) is 0 Å². The number of pyridine rings is 1. The van der Waals surface area contributed by atoms with E-state index in [0.29, 0.717) is 24.2 Å². The number of non-ortho nitro benzene ring substituents is 1. The van der Waals surface area contributed by atoms with Crippen LogP contribution in [0.25, 0.3) is 21.8 Å². The first-order valence-corrected chi connectivity index (χ1v) is 12.3. The van der Waals surface area contributed by atoms with Crippen LogP contribution in [0.15, 0.2) is 59.4 Å². The lowest BCUT2D eigenvalue weighted by Crippen LogP contribution is -2.27. The van der Waals surface area contributed by atoms with Crippen LogP contribution in [-0.4, -0.2) is 47.9 Å². The molecule has 1 heterocycles. The number of fused-ring (bicyclic) bond motifs is 2. The number of aryl methyl sites for hydroxylation is 1. The Labute approximate surface area is 214 Å². The van der Waals surface area contributed by atoms with Gasteiger partial charge in [-0.25, -0.2) is 0 Å². The number of hydrogen-bond donors (Lipinski definition) is 3. The highest BCUT2D eigenvalue weighted by atomic mass is 16.6. The number of benzene rings is 3. The molecule has 0 saturated heterocycles. The van der Waals surface area contributed by atoms with Crippen molar-refractivity contribution in [3.05, 3.63) is 91.6 Å². The lowest BCUT2D eigenvalue weighted by atomic mass is 10.0. The molecule has 0 spiro atoms. The van der Waals surface area contributed by atoms with E-state index in [9.17, 15) is 19.7 Å². The number of carbonyl (C=O) groups excluding carboxylic acids is 1. The van der Waals surface area contributed by atoms with Gasteiger partial charge in [0.1, 0.15) is 5.52 Å². The van der Waals surface area contributed by atoms with Crippen LogP contribution in [0.5, 0.6) is 0 Å². The number of hydrogen-bond acceptors (Lipinski definition) is 6. The summed E-state index contributed by atoms with van der Waals surface area (Å²) in [5.74, 6) is -0.348. The molecule has 0 atom stereocenters. The van der Waals surface area contributed by atoms with Crippen LogP contribution in [0.1, 0.15) is 34.8 Å². The van der Waals surface area contributed by atoms with Crippen LogP contribution in [0.3, 0.4) is 0 Å². The number of nitrogens with zero attached hydrogens (tertiary/aromatic N) is 2. The van der Waals surface area contributed by atoms with Crippen molar-refractivity contribution in [2.45, 2.75) is 26.3 Å². The second-order valence-electron chi connectivity index (χ2n) is 9.26. The minimum absolute atomic E-state index is 0.0963. The highest BCUT2D eigenvalue weighted by Crippen LogP contribution is 2.29. The van der Waals surface area contributed by atoms with Gasteiger partial charge >= 0.3 is 0 Å². The van der Waals surface area contributed by atoms with E-state index in [4.69, 9.17) is 0 Å². The minimum Gasteiger partial charge on any atom is -0.380 e. The van der Waals surface area contributed by atoms with E-state index in [2.05, 4.69) is 34.7 Å². The number of nitrogens with one attached hydrogen (secondary N) is 3. The molecule has 0 fully saturated rings. The van der Waals surface area contributed by atoms with Crippen LogP contribution in [0, 0.1) is 10.1 Å². The predicted molar refractivity (Wildman–Crippen MR) is 147 cm³/mol. The lowest BCUT2D eigenvalue weighted by Gasteiger charge is -2.15. The van der Waals surface area contributed by atoms with Crippen molar-refractivity contribution in [3.63, 3.8) is 0 Å². The molecule has 9 heteroatoms. The fourth-order valence-corrected chi connectivity index (χ4v) is 4.36. The van der Waals surface area contributed by atoms with Crippen molar-refractivity contribution in [1.29, 1.82) is 0 Å². The Balaban J connectivity index is 1.79. The van der Waals surface area contributed by atoms with Crippen molar-refractivity contribution in [3.8, 4) is 0 Å².